The van der Waals surface area contributed by atoms with E-state index in [9.17, 15) is 9.59 Å². The van der Waals surface area contributed by atoms with Crippen LogP contribution in [0.15, 0.2) is 0 Å². The van der Waals surface area contributed by atoms with Gasteiger partial charge < -0.3 is 10.2 Å². The predicted molar refractivity (Wildman–Crippen MR) is 89.2 cm³/mol. The Morgan fingerprint density at radius 2 is 1.26 bits per heavy atom. The van der Waals surface area contributed by atoms with Gasteiger partial charge in [-0.05, 0) is 34.6 Å². The van der Waals surface area contributed by atoms with Crippen LogP contribution in [0.25, 0.3) is 0 Å². The molecule has 0 aromatic heterocycles. The minimum Gasteiger partial charge on any atom is -0.390 e. The molecule has 0 amide bonds. The molecule has 0 aromatic carbocycles. The van der Waals surface area contributed by atoms with Gasteiger partial charge in [-0.15, -0.1) is 0 Å². The lowest BCUT2D eigenvalue weighted by atomic mass is 10.0. The highest BCUT2D eigenvalue weighted by Crippen LogP contribution is 2.08. The van der Waals surface area contributed by atoms with Gasteiger partial charge >= 0.3 is 0 Å². The summed E-state index contributed by atoms with van der Waals surface area (Å²) in [6, 6.07) is 0. The first-order chi connectivity index (χ1) is 8.37. The van der Waals surface area contributed by atoms with Crippen molar-refractivity contribution in [2.24, 2.45) is 0 Å². The van der Waals surface area contributed by atoms with Gasteiger partial charge in [0.25, 0.3) is 0 Å². The molecule has 0 fully saturated rings. The summed E-state index contributed by atoms with van der Waals surface area (Å²) < 4.78 is 0. The van der Waals surface area contributed by atoms with Crippen molar-refractivity contribution in [3.05, 3.63) is 0 Å². The Hall–Kier alpha value is 0.700. The second kappa shape index (κ2) is 12.4. The van der Waals surface area contributed by atoms with E-state index >= 15 is 0 Å². The maximum absolute atomic E-state index is 10.6. The van der Waals surface area contributed by atoms with E-state index in [1.54, 1.807) is 27.7 Å². The zero-order valence-electron chi connectivity index (χ0n) is 12.0. The molecular formula is C12H23Br3O4. The third-order valence-corrected chi connectivity index (χ3v) is 2.09. The fraction of sp³-hybridized carbons (Fsp3) is 0.833. The third-order valence-electron chi connectivity index (χ3n) is 1.46. The van der Waals surface area contributed by atoms with Crippen molar-refractivity contribution in [3.63, 3.8) is 0 Å². The van der Waals surface area contributed by atoms with Crippen LogP contribution in [0.2, 0.25) is 0 Å². The SMILES string of the molecule is BrBr.CC(=O)CC(C)(C)O.CC(C)(O)CC(=O)CBr. The predicted octanol–water partition coefficient (Wildman–Crippen LogP) is 3.54. The molecule has 0 aliphatic heterocycles. The summed E-state index contributed by atoms with van der Waals surface area (Å²) in [7, 11) is 0. The van der Waals surface area contributed by atoms with Crippen LogP contribution in [0.5, 0.6) is 0 Å². The number of Topliss-reactive ketones (excluding diaryl/α,β-unsaturated/α-hetero) is 2. The van der Waals surface area contributed by atoms with E-state index in [0.29, 0.717) is 5.33 Å². The third kappa shape index (κ3) is 32.3. The lowest BCUT2D eigenvalue weighted by Crippen LogP contribution is -2.23. The number of carbonyl (C=O) groups is 2. The second-order valence-corrected chi connectivity index (χ2v) is 5.91. The molecule has 4 nitrogen and oxygen atoms in total. The molecule has 0 atom stereocenters. The number of halogens is 3. The number of hydrogen-bond donors (Lipinski definition) is 2. The summed E-state index contributed by atoms with van der Waals surface area (Å²) in [5.41, 5.74) is -1.68. The summed E-state index contributed by atoms with van der Waals surface area (Å²) >= 11 is 8.51. The molecule has 0 radical (unpaired) electrons. The number of carbonyl (C=O) groups excluding carboxylic acids is 2. The van der Waals surface area contributed by atoms with E-state index in [1.165, 1.54) is 6.92 Å². The van der Waals surface area contributed by atoms with Crippen molar-refractivity contribution in [3.8, 4) is 0 Å². The van der Waals surface area contributed by atoms with E-state index in [-0.39, 0.29) is 24.4 Å². The van der Waals surface area contributed by atoms with Gasteiger partial charge in [-0.3, -0.25) is 9.59 Å². The zero-order valence-corrected chi connectivity index (χ0v) is 16.7. The number of rotatable bonds is 5. The molecular weight excluding hydrogens is 448 g/mol. The van der Waals surface area contributed by atoms with E-state index in [4.69, 9.17) is 10.2 Å². The summed E-state index contributed by atoms with van der Waals surface area (Å²) in [5.74, 6) is 0.0556. The highest BCUT2D eigenvalue weighted by molar-refractivity contribution is 9.93. The van der Waals surface area contributed by atoms with Crippen LogP contribution in [0.1, 0.15) is 47.5 Å². The van der Waals surface area contributed by atoms with Gasteiger partial charge in [0.15, 0.2) is 0 Å². The van der Waals surface area contributed by atoms with Gasteiger partial charge in [-0.2, -0.15) is 0 Å². The molecule has 0 heterocycles. The van der Waals surface area contributed by atoms with Gasteiger partial charge in [0.05, 0.1) is 16.5 Å². The first kappa shape index (κ1) is 24.7. The normalized spacial score (nSPS) is 10.6. The Kier molecular flexibility index (Phi) is 16.2. The van der Waals surface area contributed by atoms with E-state index in [0.717, 1.165) is 0 Å². The fourth-order valence-corrected chi connectivity index (χ4v) is 1.34. The Bertz CT molecular complexity index is 255. The maximum Gasteiger partial charge on any atom is 0.146 e. The second-order valence-electron chi connectivity index (χ2n) is 5.35. The first-order valence-corrected chi connectivity index (χ1v) is 10.4. The molecule has 7 heteroatoms. The average molecular weight is 471 g/mol. The summed E-state index contributed by atoms with van der Waals surface area (Å²) in [6.45, 7) is 7.95. The molecule has 0 aromatic rings. The fourth-order valence-electron chi connectivity index (χ4n) is 1.14. The smallest absolute Gasteiger partial charge is 0.146 e. The molecule has 2 N–H and O–H groups in total. The van der Waals surface area contributed by atoms with Crippen molar-refractivity contribution in [1.29, 1.82) is 0 Å². The average Bonchev–Trinajstić information content (AvgIpc) is 2.15. The standard InChI is InChI=1S/C6H11BrO2.C6H12O2.Br2/c1-6(2,9)3-5(8)4-7;1-5(7)4-6(2,3)8;1-2/h9H,3-4H2,1-2H3;8H,4H2,1-3H3;. The molecule has 0 spiro atoms. The molecule has 0 rings (SSSR count). The minimum absolute atomic E-state index is 0.0255. The van der Waals surface area contributed by atoms with Gasteiger partial charge in [-0.1, -0.05) is 15.9 Å². The molecule has 0 aliphatic carbocycles. The van der Waals surface area contributed by atoms with Gasteiger partial charge in [0.2, 0.25) is 0 Å². The first-order valence-electron chi connectivity index (χ1n) is 5.53. The van der Waals surface area contributed by atoms with Crippen molar-refractivity contribution >= 4 is 55.8 Å². The van der Waals surface area contributed by atoms with Crippen LogP contribution in [0.3, 0.4) is 0 Å². The van der Waals surface area contributed by atoms with Crippen LogP contribution >= 0.6 is 44.2 Å². The van der Waals surface area contributed by atoms with Crippen molar-refractivity contribution in [2.45, 2.75) is 58.7 Å². The monoisotopic (exact) mass is 468 g/mol. The number of ketones is 2. The Labute approximate surface area is 139 Å². The van der Waals surface area contributed by atoms with E-state index in [1.807, 2.05) is 0 Å². The molecule has 0 saturated heterocycles. The van der Waals surface area contributed by atoms with Crippen molar-refractivity contribution < 1.29 is 19.8 Å². The molecule has 0 bridgehead atoms. The van der Waals surface area contributed by atoms with E-state index in [2.05, 4.69) is 44.2 Å². The molecule has 0 unspecified atom stereocenters. The minimum atomic E-state index is -0.856. The lowest BCUT2D eigenvalue weighted by molar-refractivity contribution is -0.121. The van der Waals surface area contributed by atoms with Crippen LogP contribution < -0.4 is 0 Å². The molecule has 0 aliphatic rings. The highest BCUT2D eigenvalue weighted by atomic mass is 80.9. The number of aliphatic hydroxyl groups is 2. The summed E-state index contributed by atoms with van der Waals surface area (Å²) in [5, 5.41) is 18.4. The topological polar surface area (TPSA) is 74.6 Å². The van der Waals surface area contributed by atoms with Gasteiger partial charge in [0, 0.05) is 41.1 Å². The zero-order chi connectivity index (χ0) is 16.3. The number of hydrogen-bond acceptors (Lipinski definition) is 4. The molecule has 0 saturated carbocycles. The highest BCUT2D eigenvalue weighted by Gasteiger charge is 2.16. The number of alkyl halides is 1. The molecule has 19 heavy (non-hydrogen) atoms. The summed E-state index contributed by atoms with van der Waals surface area (Å²) in [6.07, 6.45) is 0.464. The van der Waals surface area contributed by atoms with Crippen LogP contribution in [-0.2, 0) is 9.59 Å². The maximum atomic E-state index is 10.6. The van der Waals surface area contributed by atoms with Gasteiger partial charge in [0.1, 0.15) is 11.6 Å². The van der Waals surface area contributed by atoms with Crippen LogP contribution in [0, 0.1) is 0 Å². The van der Waals surface area contributed by atoms with Gasteiger partial charge in [-0.25, -0.2) is 0 Å². The lowest BCUT2D eigenvalue weighted by Gasteiger charge is -2.14. The largest absolute Gasteiger partial charge is 0.390 e. The van der Waals surface area contributed by atoms with Crippen molar-refractivity contribution in [1.82, 2.24) is 0 Å². The summed E-state index contributed by atoms with van der Waals surface area (Å²) in [4.78, 5) is 20.9. The van der Waals surface area contributed by atoms with Crippen molar-refractivity contribution in [2.75, 3.05) is 5.33 Å². The van der Waals surface area contributed by atoms with Crippen LogP contribution in [0.4, 0.5) is 0 Å². The Morgan fingerprint density at radius 1 is 0.947 bits per heavy atom. The Balaban J connectivity index is -0.000000239. The Morgan fingerprint density at radius 3 is 1.32 bits per heavy atom. The molecule has 116 valence electrons. The van der Waals surface area contributed by atoms with E-state index < -0.39 is 11.2 Å². The quantitative estimate of drug-likeness (QED) is 0.603. The van der Waals surface area contributed by atoms with Crippen LogP contribution in [-0.4, -0.2) is 38.3 Å².